The average molecular weight is 268 g/mol. The van der Waals surface area contributed by atoms with Crippen LogP contribution in [0.15, 0.2) is 18.2 Å². The Balaban J connectivity index is 2.28. The number of aliphatic carboxylic acids is 1. The third-order valence-electron chi connectivity index (χ3n) is 3.24. The molecule has 0 amide bonds. The van der Waals surface area contributed by atoms with Gasteiger partial charge >= 0.3 is 5.97 Å². The fourth-order valence-electron chi connectivity index (χ4n) is 2.30. The van der Waals surface area contributed by atoms with Crippen molar-refractivity contribution in [2.24, 2.45) is 0 Å². The third-order valence-corrected chi connectivity index (χ3v) is 3.24. The van der Waals surface area contributed by atoms with E-state index in [1.54, 1.807) is 6.07 Å². The lowest BCUT2D eigenvalue weighted by molar-refractivity contribution is -0.143. The van der Waals surface area contributed by atoms with Gasteiger partial charge in [0.05, 0.1) is 7.11 Å². The maximum absolute atomic E-state index is 13.7. The van der Waals surface area contributed by atoms with Gasteiger partial charge in [0.2, 0.25) is 0 Å². The Morgan fingerprint density at radius 3 is 2.68 bits per heavy atom. The van der Waals surface area contributed by atoms with Crippen molar-refractivity contribution in [3.05, 3.63) is 29.6 Å². The van der Waals surface area contributed by atoms with E-state index in [2.05, 4.69) is 5.32 Å². The van der Waals surface area contributed by atoms with Gasteiger partial charge < -0.3 is 15.2 Å². The molecule has 0 aromatic heterocycles. The predicted octanol–water partition coefficient (Wildman–Crippen LogP) is 0.865. The summed E-state index contributed by atoms with van der Waals surface area (Å²) in [4.78, 5) is 13.3. The van der Waals surface area contributed by atoms with Gasteiger partial charge in [-0.2, -0.15) is 0 Å². The number of rotatable bonds is 4. The molecular weight excluding hydrogens is 251 g/mol. The predicted molar refractivity (Wildman–Crippen MR) is 67.8 cm³/mol. The molecule has 0 radical (unpaired) electrons. The van der Waals surface area contributed by atoms with Gasteiger partial charge in [0.15, 0.2) is 11.6 Å². The number of ether oxygens (including phenoxy) is 1. The van der Waals surface area contributed by atoms with E-state index in [-0.39, 0.29) is 5.75 Å². The summed E-state index contributed by atoms with van der Waals surface area (Å²) in [7, 11) is 1.38. The normalized spacial score (nSPS) is 18.0. The van der Waals surface area contributed by atoms with Crippen molar-refractivity contribution in [3.8, 4) is 5.75 Å². The van der Waals surface area contributed by atoms with Crippen LogP contribution in [-0.4, -0.2) is 49.3 Å². The van der Waals surface area contributed by atoms with Crippen LogP contribution in [0.5, 0.6) is 5.75 Å². The van der Waals surface area contributed by atoms with Crippen LogP contribution in [-0.2, 0) is 4.79 Å². The summed E-state index contributed by atoms with van der Waals surface area (Å²) in [6.45, 7) is 2.74. The Morgan fingerprint density at radius 2 is 2.16 bits per heavy atom. The van der Waals surface area contributed by atoms with Gasteiger partial charge in [-0.15, -0.1) is 0 Å². The third kappa shape index (κ3) is 3.02. The van der Waals surface area contributed by atoms with Crippen LogP contribution >= 0.6 is 0 Å². The highest BCUT2D eigenvalue weighted by Gasteiger charge is 2.29. The van der Waals surface area contributed by atoms with E-state index in [1.165, 1.54) is 19.2 Å². The van der Waals surface area contributed by atoms with Gasteiger partial charge in [-0.05, 0) is 17.7 Å². The minimum absolute atomic E-state index is 0.119. The molecule has 1 saturated heterocycles. The molecule has 0 aliphatic carbocycles. The van der Waals surface area contributed by atoms with E-state index >= 15 is 0 Å². The number of carbonyl (C=O) groups is 1. The van der Waals surface area contributed by atoms with Crippen molar-refractivity contribution < 1.29 is 19.0 Å². The van der Waals surface area contributed by atoms with E-state index in [0.717, 1.165) is 13.1 Å². The van der Waals surface area contributed by atoms with E-state index < -0.39 is 17.8 Å². The van der Waals surface area contributed by atoms with Crippen LogP contribution < -0.4 is 10.1 Å². The van der Waals surface area contributed by atoms with Crippen LogP contribution in [0.1, 0.15) is 11.6 Å². The molecule has 2 rings (SSSR count). The average Bonchev–Trinajstić information content (AvgIpc) is 2.40. The smallest absolute Gasteiger partial charge is 0.325 e. The highest BCUT2D eigenvalue weighted by atomic mass is 19.1. The fraction of sp³-hybridized carbons (Fsp3) is 0.462. The SMILES string of the molecule is COc1ccc(C(C(=O)O)N2CCNCC2)cc1F. The van der Waals surface area contributed by atoms with Gasteiger partial charge in [-0.25, -0.2) is 4.39 Å². The molecule has 1 unspecified atom stereocenters. The minimum Gasteiger partial charge on any atom is -0.494 e. The Labute approximate surface area is 111 Å². The number of carboxylic acid groups (broad SMARTS) is 1. The molecule has 0 spiro atoms. The molecule has 104 valence electrons. The first-order chi connectivity index (χ1) is 9.13. The molecule has 1 aromatic rings. The highest BCUT2D eigenvalue weighted by molar-refractivity contribution is 5.75. The van der Waals surface area contributed by atoms with Crippen molar-refractivity contribution in [1.82, 2.24) is 10.2 Å². The van der Waals surface area contributed by atoms with E-state index in [0.29, 0.717) is 18.7 Å². The molecule has 1 aromatic carbocycles. The molecular formula is C13H17FN2O3. The van der Waals surface area contributed by atoms with Gasteiger partial charge in [0.25, 0.3) is 0 Å². The summed E-state index contributed by atoms with van der Waals surface area (Å²) in [6, 6.07) is 3.48. The first-order valence-corrected chi connectivity index (χ1v) is 6.14. The quantitative estimate of drug-likeness (QED) is 0.848. The van der Waals surface area contributed by atoms with E-state index in [9.17, 15) is 14.3 Å². The summed E-state index contributed by atoms with van der Waals surface area (Å²) in [5.41, 5.74) is 0.438. The van der Waals surface area contributed by atoms with Crippen LogP contribution in [0.3, 0.4) is 0 Å². The number of piperazine rings is 1. The molecule has 1 atom stereocenters. The highest BCUT2D eigenvalue weighted by Crippen LogP contribution is 2.26. The van der Waals surface area contributed by atoms with Crippen molar-refractivity contribution in [2.45, 2.75) is 6.04 Å². The Bertz CT molecular complexity index is 461. The molecule has 6 heteroatoms. The van der Waals surface area contributed by atoms with E-state index in [1.807, 2.05) is 4.90 Å². The Morgan fingerprint density at radius 1 is 1.47 bits per heavy atom. The summed E-state index contributed by atoms with van der Waals surface area (Å²) in [5, 5.41) is 12.5. The van der Waals surface area contributed by atoms with Crippen molar-refractivity contribution >= 4 is 5.97 Å². The lowest BCUT2D eigenvalue weighted by atomic mass is 10.0. The lowest BCUT2D eigenvalue weighted by Gasteiger charge is -2.32. The van der Waals surface area contributed by atoms with Gasteiger partial charge in [0, 0.05) is 26.2 Å². The Kier molecular flexibility index (Phi) is 4.34. The molecule has 1 aliphatic rings. The maximum atomic E-state index is 13.7. The van der Waals surface area contributed by atoms with Crippen LogP contribution in [0.4, 0.5) is 4.39 Å². The zero-order valence-electron chi connectivity index (χ0n) is 10.7. The maximum Gasteiger partial charge on any atom is 0.325 e. The van der Waals surface area contributed by atoms with E-state index in [4.69, 9.17) is 4.74 Å². The molecule has 1 aliphatic heterocycles. The van der Waals surface area contributed by atoms with Crippen LogP contribution in [0.25, 0.3) is 0 Å². The first-order valence-electron chi connectivity index (χ1n) is 6.14. The number of hydrogen-bond donors (Lipinski definition) is 2. The number of carboxylic acids is 1. The van der Waals surface area contributed by atoms with Crippen LogP contribution in [0, 0.1) is 5.82 Å². The topological polar surface area (TPSA) is 61.8 Å². The van der Waals surface area contributed by atoms with Crippen LogP contribution in [0.2, 0.25) is 0 Å². The van der Waals surface area contributed by atoms with Gasteiger partial charge in [-0.3, -0.25) is 9.69 Å². The summed E-state index contributed by atoms with van der Waals surface area (Å²) in [5.74, 6) is -1.39. The largest absolute Gasteiger partial charge is 0.494 e. The fourth-order valence-corrected chi connectivity index (χ4v) is 2.30. The molecule has 2 N–H and O–H groups in total. The molecule has 0 bridgehead atoms. The van der Waals surface area contributed by atoms with Crippen molar-refractivity contribution in [2.75, 3.05) is 33.3 Å². The lowest BCUT2D eigenvalue weighted by Crippen LogP contribution is -2.47. The number of nitrogens with zero attached hydrogens (tertiary/aromatic N) is 1. The minimum atomic E-state index is -0.966. The molecule has 0 saturated carbocycles. The number of hydrogen-bond acceptors (Lipinski definition) is 4. The summed E-state index contributed by atoms with van der Waals surface area (Å²) in [6.07, 6.45) is 0. The summed E-state index contributed by atoms with van der Waals surface area (Å²) >= 11 is 0. The first kappa shape index (κ1) is 13.8. The number of benzene rings is 1. The second kappa shape index (κ2) is 5.99. The molecule has 19 heavy (non-hydrogen) atoms. The Hall–Kier alpha value is -1.66. The van der Waals surface area contributed by atoms with Crippen molar-refractivity contribution in [3.63, 3.8) is 0 Å². The summed E-state index contributed by atoms with van der Waals surface area (Å²) < 4.78 is 18.5. The second-order valence-corrected chi connectivity index (χ2v) is 4.42. The monoisotopic (exact) mass is 268 g/mol. The molecule has 5 nitrogen and oxygen atoms in total. The zero-order valence-corrected chi connectivity index (χ0v) is 10.7. The van der Waals surface area contributed by atoms with Gasteiger partial charge in [-0.1, -0.05) is 6.07 Å². The number of halogens is 1. The number of methoxy groups -OCH3 is 1. The molecule has 1 heterocycles. The second-order valence-electron chi connectivity index (χ2n) is 4.42. The zero-order chi connectivity index (χ0) is 13.8. The molecule has 1 fully saturated rings. The number of nitrogens with one attached hydrogen (secondary N) is 1. The standard InChI is InChI=1S/C13H17FN2O3/c1-19-11-3-2-9(8-10(11)14)12(13(17)18)16-6-4-15-5-7-16/h2-3,8,12,15H,4-7H2,1H3,(H,17,18). The van der Waals surface area contributed by atoms with Gasteiger partial charge in [0.1, 0.15) is 6.04 Å². The van der Waals surface area contributed by atoms with Crippen molar-refractivity contribution in [1.29, 1.82) is 0 Å².